The Morgan fingerprint density at radius 1 is 1.40 bits per heavy atom. The van der Waals surface area contributed by atoms with Crippen molar-refractivity contribution in [1.29, 1.82) is 0 Å². The van der Waals surface area contributed by atoms with Crippen LogP contribution in [0.1, 0.15) is 41.9 Å². The van der Waals surface area contributed by atoms with Crippen LogP contribution in [0.5, 0.6) is 0 Å². The van der Waals surface area contributed by atoms with Gasteiger partial charge in [0.2, 0.25) is 0 Å². The van der Waals surface area contributed by atoms with E-state index in [9.17, 15) is 4.79 Å². The van der Waals surface area contributed by atoms with Crippen LogP contribution in [0.15, 0.2) is 18.2 Å². The van der Waals surface area contributed by atoms with Gasteiger partial charge >= 0.3 is 5.97 Å². The number of rotatable bonds is 5. The predicted octanol–water partition coefficient (Wildman–Crippen LogP) is 1.64. The second-order valence-electron chi connectivity index (χ2n) is 4.75. The van der Waals surface area contributed by atoms with Crippen LogP contribution in [-0.4, -0.2) is 30.8 Å². The topological polar surface area (TPSA) is 92.9 Å². The summed E-state index contributed by atoms with van der Waals surface area (Å²) in [7, 11) is 1.91. The van der Waals surface area contributed by atoms with Crippen molar-refractivity contribution in [3.8, 4) is 0 Å². The number of hydrogen-bond donors (Lipinski definition) is 2. The van der Waals surface area contributed by atoms with Crippen LogP contribution in [0.2, 0.25) is 0 Å². The highest BCUT2D eigenvalue weighted by atomic mass is 16.4. The van der Waals surface area contributed by atoms with Gasteiger partial charge in [-0.1, -0.05) is 19.9 Å². The third-order valence-corrected chi connectivity index (χ3v) is 2.91. The van der Waals surface area contributed by atoms with E-state index in [1.54, 1.807) is 12.1 Å². The average molecular weight is 275 g/mol. The van der Waals surface area contributed by atoms with E-state index < -0.39 is 5.97 Å². The maximum absolute atomic E-state index is 10.8. The molecule has 0 amide bonds. The fourth-order valence-electron chi connectivity index (χ4n) is 1.85. The Hall–Kier alpha value is -2.44. The van der Waals surface area contributed by atoms with Crippen molar-refractivity contribution >= 4 is 11.8 Å². The van der Waals surface area contributed by atoms with Crippen molar-refractivity contribution in [2.24, 2.45) is 7.05 Å². The number of aromatic carboxylic acids is 1. The lowest BCUT2D eigenvalue weighted by molar-refractivity contribution is 0.0690. The van der Waals surface area contributed by atoms with Crippen LogP contribution in [0.4, 0.5) is 5.82 Å². The molecule has 0 fully saturated rings. The van der Waals surface area contributed by atoms with Crippen LogP contribution in [-0.2, 0) is 13.6 Å². The third kappa shape index (κ3) is 2.93. The van der Waals surface area contributed by atoms with E-state index >= 15 is 0 Å². The average Bonchev–Trinajstić information content (AvgIpc) is 2.78. The van der Waals surface area contributed by atoms with Crippen LogP contribution in [0.25, 0.3) is 0 Å². The first-order valence-corrected chi connectivity index (χ1v) is 6.31. The number of aromatic nitrogens is 4. The van der Waals surface area contributed by atoms with E-state index in [4.69, 9.17) is 5.11 Å². The second kappa shape index (κ2) is 5.68. The molecule has 20 heavy (non-hydrogen) atoms. The SMILES string of the molecule is CC(C)c1nnc(CNc2cccc(C(=O)O)n2)n1C. The van der Waals surface area contributed by atoms with Crippen molar-refractivity contribution in [3.05, 3.63) is 35.5 Å². The Kier molecular flexibility index (Phi) is 3.97. The first kappa shape index (κ1) is 14.0. The fraction of sp³-hybridized carbons (Fsp3) is 0.385. The van der Waals surface area contributed by atoms with Gasteiger partial charge in [-0.3, -0.25) is 0 Å². The summed E-state index contributed by atoms with van der Waals surface area (Å²) in [5.41, 5.74) is 0.0100. The normalized spacial score (nSPS) is 10.8. The highest BCUT2D eigenvalue weighted by molar-refractivity contribution is 5.85. The van der Waals surface area contributed by atoms with Crippen LogP contribution >= 0.6 is 0 Å². The number of carboxylic acid groups (broad SMARTS) is 1. The van der Waals surface area contributed by atoms with E-state index in [1.807, 2.05) is 11.6 Å². The fourth-order valence-corrected chi connectivity index (χ4v) is 1.85. The Morgan fingerprint density at radius 2 is 2.15 bits per heavy atom. The van der Waals surface area contributed by atoms with Gasteiger partial charge in [-0.25, -0.2) is 9.78 Å². The number of nitrogens with zero attached hydrogens (tertiary/aromatic N) is 4. The first-order chi connectivity index (χ1) is 9.49. The van der Waals surface area contributed by atoms with Gasteiger partial charge in [-0.2, -0.15) is 0 Å². The van der Waals surface area contributed by atoms with Crippen LogP contribution in [0.3, 0.4) is 0 Å². The zero-order chi connectivity index (χ0) is 14.7. The number of anilines is 1. The number of pyridine rings is 1. The minimum Gasteiger partial charge on any atom is -0.477 e. The largest absolute Gasteiger partial charge is 0.477 e. The Balaban J connectivity index is 2.09. The number of carboxylic acids is 1. The molecular weight excluding hydrogens is 258 g/mol. The van der Waals surface area contributed by atoms with E-state index in [1.165, 1.54) is 6.07 Å². The summed E-state index contributed by atoms with van der Waals surface area (Å²) < 4.78 is 1.93. The molecule has 0 saturated carbocycles. The summed E-state index contributed by atoms with van der Waals surface area (Å²) in [4.78, 5) is 14.8. The lowest BCUT2D eigenvalue weighted by atomic mass is 10.2. The lowest BCUT2D eigenvalue weighted by Crippen LogP contribution is -2.10. The second-order valence-corrected chi connectivity index (χ2v) is 4.75. The van der Waals surface area contributed by atoms with Gasteiger partial charge in [0.25, 0.3) is 0 Å². The van der Waals surface area contributed by atoms with E-state index in [-0.39, 0.29) is 5.69 Å². The van der Waals surface area contributed by atoms with Crippen LogP contribution < -0.4 is 5.32 Å². The van der Waals surface area contributed by atoms with Crippen molar-refractivity contribution in [3.63, 3.8) is 0 Å². The summed E-state index contributed by atoms with van der Waals surface area (Å²) in [6.07, 6.45) is 0. The monoisotopic (exact) mass is 275 g/mol. The molecule has 0 aliphatic heterocycles. The molecule has 7 heteroatoms. The van der Waals surface area contributed by atoms with Gasteiger partial charge in [0, 0.05) is 13.0 Å². The van der Waals surface area contributed by atoms with Gasteiger partial charge in [-0.15, -0.1) is 10.2 Å². The number of carbonyl (C=O) groups is 1. The molecule has 0 unspecified atom stereocenters. The quantitative estimate of drug-likeness (QED) is 0.861. The summed E-state index contributed by atoms with van der Waals surface area (Å²) in [6, 6.07) is 4.81. The minimum atomic E-state index is -1.05. The smallest absolute Gasteiger partial charge is 0.354 e. The van der Waals surface area contributed by atoms with E-state index in [0.717, 1.165) is 11.6 Å². The third-order valence-electron chi connectivity index (χ3n) is 2.91. The van der Waals surface area contributed by atoms with Gasteiger partial charge in [0.05, 0.1) is 6.54 Å². The van der Waals surface area contributed by atoms with Crippen molar-refractivity contribution in [2.45, 2.75) is 26.3 Å². The van der Waals surface area contributed by atoms with Gasteiger partial charge in [-0.05, 0) is 12.1 Å². The minimum absolute atomic E-state index is 0.0100. The predicted molar refractivity (Wildman–Crippen MR) is 73.6 cm³/mol. The maximum atomic E-state index is 10.8. The molecule has 0 radical (unpaired) electrons. The molecule has 0 aliphatic carbocycles. The summed E-state index contributed by atoms with van der Waals surface area (Å²) >= 11 is 0. The molecule has 2 N–H and O–H groups in total. The molecule has 2 aromatic rings. The highest BCUT2D eigenvalue weighted by Crippen LogP contribution is 2.12. The molecule has 0 bridgehead atoms. The number of nitrogens with one attached hydrogen (secondary N) is 1. The Bertz CT molecular complexity index is 621. The molecule has 0 atom stereocenters. The summed E-state index contributed by atoms with van der Waals surface area (Å²) in [6.45, 7) is 4.55. The van der Waals surface area contributed by atoms with Crippen molar-refractivity contribution in [1.82, 2.24) is 19.7 Å². The molecule has 106 valence electrons. The van der Waals surface area contributed by atoms with Crippen molar-refractivity contribution < 1.29 is 9.90 Å². The molecule has 2 heterocycles. The Morgan fingerprint density at radius 3 is 2.75 bits per heavy atom. The zero-order valence-corrected chi connectivity index (χ0v) is 11.7. The molecule has 2 rings (SSSR count). The van der Waals surface area contributed by atoms with Crippen LogP contribution in [0, 0.1) is 0 Å². The molecule has 0 aliphatic rings. The standard InChI is InChI=1S/C13H17N5O2/c1-8(2)12-17-16-11(18(12)3)7-14-10-6-4-5-9(15-10)13(19)20/h4-6,8H,7H2,1-3H3,(H,14,15)(H,19,20). The Labute approximate surface area is 116 Å². The van der Waals surface area contributed by atoms with E-state index in [2.05, 4.69) is 34.3 Å². The van der Waals surface area contributed by atoms with Gasteiger partial charge < -0.3 is 15.0 Å². The first-order valence-electron chi connectivity index (χ1n) is 6.31. The van der Waals surface area contributed by atoms with Gasteiger partial charge in [0.15, 0.2) is 11.5 Å². The molecular formula is C13H17N5O2. The van der Waals surface area contributed by atoms with E-state index in [0.29, 0.717) is 18.3 Å². The summed E-state index contributed by atoms with van der Waals surface area (Å²) in [5, 5.41) is 20.2. The zero-order valence-electron chi connectivity index (χ0n) is 11.7. The van der Waals surface area contributed by atoms with Gasteiger partial charge in [0.1, 0.15) is 11.6 Å². The maximum Gasteiger partial charge on any atom is 0.354 e. The number of hydrogen-bond acceptors (Lipinski definition) is 5. The molecule has 2 aromatic heterocycles. The molecule has 7 nitrogen and oxygen atoms in total. The molecule has 0 saturated heterocycles. The summed E-state index contributed by atoms with van der Waals surface area (Å²) in [5.74, 6) is 1.44. The lowest BCUT2D eigenvalue weighted by Gasteiger charge is -2.08. The molecule has 0 spiro atoms. The molecule has 0 aromatic carbocycles. The highest BCUT2D eigenvalue weighted by Gasteiger charge is 2.11. The van der Waals surface area contributed by atoms with Crippen molar-refractivity contribution in [2.75, 3.05) is 5.32 Å².